The van der Waals surface area contributed by atoms with Crippen molar-refractivity contribution in [2.75, 3.05) is 24.8 Å². The van der Waals surface area contributed by atoms with Crippen LogP contribution in [0.15, 0.2) is 18.2 Å². The first-order chi connectivity index (χ1) is 8.08. The summed E-state index contributed by atoms with van der Waals surface area (Å²) in [6.07, 6.45) is -0.617. The van der Waals surface area contributed by atoms with Crippen LogP contribution in [0.2, 0.25) is 5.02 Å². The van der Waals surface area contributed by atoms with Gasteiger partial charge < -0.3 is 15.7 Å². The number of rotatable bonds is 5. The lowest BCUT2D eigenvalue weighted by Crippen LogP contribution is -2.21. The fraction of sp³-hybridized carbons (Fsp3) is 0.364. The molecule has 0 aliphatic carbocycles. The Kier molecular flexibility index (Phi) is 5.55. The molecule has 0 aliphatic rings. The summed E-state index contributed by atoms with van der Waals surface area (Å²) in [6.45, 7) is 0.332. The van der Waals surface area contributed by atoms with Crippen LogP contribution in [0.25, 0.3) is 0 Å². The molecule has 3 N–H and O–H groups in total. The fourth-order valence-electron chi connectivity index (χ4n) is 1.23. The fourth-order valence-corrected chi connectivity index (χ4v) is 1.61. The van der Waals surface area contributed by atoms with Gasteiger partial charge in [-0.1, -0.05) is 11.6 Å². The van der Waals surface area contributed by atoms with Gasteiger partial charge in [-0.3, -0.25) is 4.79 Å². The van der Waals surface area contributed by atoms with Gasteiger partial charge in [-0.15, -0.1) is 11.6 Å². The van der Waals surface area contributed by atoms with Crippen molar-refractivity contribution < 1.29 is 9.90 Å². The third-order valence-corrected chi connectivity index (χ3v) is 2.83. The van der Waals surface area contributed by atoms with Crippen LogP contribution in [-0.4, -0.2) is 36.6 Å². The Morgan fingerprint density at radius 3 is 2.76 bits per heavy atom. The molecule has 94 valence electrons. The zero-order chi connectivity index (χ0) is 12.8. The van der Waals surface area contributed by atoms with E-state index >= 15 is 0 Å². The second kappa shape index (κ2) is 6.69. The van der Waals surface area contributed by atoms with Gasteiger partial charge in [0.05, 0.1) is 22.6 Å². The van der Waals surface area contributed by atoms with Crippen LogP contribution in [0.3, 0.4) is 0 Å². The lowest BCUT2D eigenvalue weighted by molar-refractivity contribution is 0.0963. The minimum atomic E-state index is -0.617. The van der Waals surface area contributed by atoms with Crippen LogP contribution in [-0.2, 0) is 0 Å². The highest BCUT2D eigenvalue weighted by Gasteiger charge is 2.09. The molecule has 0 heterocycles. The highest BCUT2D eigenvalue weighted by Crippen LogP contribution is 2.20. The smallest absolute Gasteiger partial charge is 0.252 e. The molecule has 0 bridgehead atoms. The largest absolute Gasteiger partial charge is 0.390 e. The van der Waals surface area contributed by atoms with Crippen molar-refractivity contribution in [1.82, 2.24) is 5.32 Å². The van der Waals surface area contributed by atoms with Gasteiger partial charge in [0.1, 0.15) is 0 Å². The first-order valence-electron chi connectivity index (χ1n) is 5.08. The van der Waals surface area contributed by atoms with Crippen molar-refractivity contribution in [1.29, 1.82) is 0 Å². The molecule has 0 aromatic heterocycles. The third kappa shape index (κ3) is 4.07. The minimum absolute atomic E-state index is 0.164. The zero-order valence-corrected chi connectivity index (χ0v) is 10.8. The van der Waals surface area contributed by atoms with Gasteiger partial charge in [-0.2, -0.15) is 0 Å². The number of benzene rings is 1. The van der Waals surface area contributed by atoms with Crippen LogP contribution in [0.4, 0.5) is 5.69 Å². The number of anilines is 1. The van der Waals surface area contributed by atoms with E-state index in [9.17, 15) is 9.90 Å². The van der Waals surface area contributed by atoms with Crippen LogP contribution in [0, 0.1) is 0 Å². The van der Waals surface area contributed by atoms with Crippen LogP contribution in [0.1, 0.15) is 10.4 Å². The average molecular weight is 277 g/mol. The summed E-state index contributed by atoms with van der Waals surface area (Å²) in [5, 5.41) is 15.1. The number of hydrogen-bond donors (Lipinski definition) is 3. The first kappa shape index (κ1) is 14.1. The van der Waals surface area contributed by atoms with E-state index in [0.717, 1.165) is 5.69 Å². The first-order valence-corrected chi connectivity index (χ1v) is 5.99. The van der Waals surface area contributed by atoms with Crippen molar-refractivity contribution in [3.8, 4) is 0 Å². The summed E-state index contributed by atoms with van der Waals surface area (Å²) in [5.74, 6) is -0.0702. The molecule has 0 saturated heterocycles. The Labute approximate surface area is 110 Å². The van der Waals surface area contributed by atoms with Crippen molar-refractivity contribution in [3.05, 3.63) is 28.8 Å². The van der Waals surface area contributed by atoms with Crippen LogP contribution in [0.5, 0.6) is 0 Å². The van der Waals surface area contributed by atoms with E-state index in [2.05, 4.69) is 10.6 Å². The van der Waals surface area contributed by atoms with Crippen molar-refractivity contribution in [3.63, 3.8) is 0 Å². The molecule has 1 unspecified atom stereocenters. The normalized spacial score (nSPS) is 12.0. The quantitative estimate of drug-likeness (QED) is 0.718. The minimum Gasteiger partial charge on any atom is -0.390 e. The van der Waals surface area contributed by atoms with Crippen molar-refractivity contribution in [2.45, 2.75) is 6.10 Å². The molecule has 1 aromatic carbocycles. The van der Waals surface area contributed by atoms with Crippen molar-refractivity contribution >= 4 is 34.8 Å². The molecule has 0 saturated carbocycles. The van der Waals surface area contributed by atoms with Gasteiger partial charge in [0.2, 0.25) is 0 Å². The number of nitrogens with one attached hydrogen (secondary N) is 2. The SMILES string of the molecule is CNC(=O)c1ccc(NCC(O)CCl)cc1Cl. The Bertz CT molecular complexity index is 399. The number of aliphatic hydroxyl groups is 1. The van der Waals surface area contributed by atoms with E-state index in [1.807, 2.05) is 0 Å². The molecule has 0 spiro atoms. The molecular weight excluding hydrogens is 263 g/mol. The summed E-state index contributed by atoms with van der Waals surface area (Å²) in [4.78, 5) is 11.4. The number of alkyl halides is 1. The topological polar surface area (TPSA) is 61.4 Å². The third-order valence-electron chi connectivity index (χ3n) is 2.16. The lowest BCUT2D eigenvalue weighted by atomic mass is 10.2. The second-order valence-electron chi connectivity index (χ2n) is 3.46. The number of amides is 1. The van der Waals surface area contributed by atoms with Crippen molar-refractivity contribution in [2.24, 2.45) is 0 Å². The zero-order valence-electron chi connectivity index (χ0n) is 9.34. The Hall–Kier alpha value is -0.970. The van der Waals surface area contributed by atoms with Gasteiger partial charge in [0, 0.05) is 19.3 Å². The maximum absolute atomic E-state index is 11.4. The molecule has 0 radical (unpaired) electrons. The van der Waals surface area contributed by atoms with Crippen LogP contribution < -0.4 is 10.6 Å². The number of carbonyl (C=O) groups excluding carboxylic acids is 1. The molecular formula is C11H14Cl2N2O2. The number of aliphatic hydroxyl groups excluding tert-OH is 1. The van der Waals surface area contributed by atoms with E-state index < -0.39 is 6.10 Å². The predicted octanol–water partition coefficient (Wildman–Crippen LogP) is 1.71. The number of hydrogen-bond acceptors (Lipinski definition) is 3. The van der Waals surface area contributed by atoms with Gasteiger partial charge >= 0.3 is 0 Å². The van der Waals surface area contributed by atoms with Gasteiger partial charge in [0.15, 0.2) is 0 Å². The molecule has 0 aliphatic heterocycles. The summed E-state index contributed by atoms with van der Waals surface area (Å²) < 4.78 is 0. The Morgan fingerprint density at radius 1 is 1.53 bits per heavy atom. The number of carbonyl (C=O) groups is 1. The predicted molar refractivity (Wildman–Crippen MR) is 70.1 cm³/mol. The van der Waals surface area contributed by atoms with E-state index in [1.54, 1.807) is 25.2 Å². The summed E-state index contributed by atoms with van der Waals surface area (Å²) in [7, 11) is 1.54. The molecule has 1 aromatic rings. The summed E-state index contributed by atoms with van der Waals surface area (Å²) in [5.41, 5.74) is 1.14. The average Bonchev–Trinajstić information content (AvgIpc) is 2.35. The summed E-state index contributed by atoms with van der Waals surface area (Å²) in [6, 6.07) is 4.97. The summed E-state index contributed by atoms with van der Waals surface area (Å²) >= 11 is 11.4. The molecule has 6 heteroatoms. The number of halogens is 2. The standard InChI is InChI=1S/C11H14Cl2N2O2/c1-14-11(17)9-3-2-7(4-10(9)13)15-6-8(16)5-12/h2-4,8,15-16H,5-6H2,1H3,(H,14,17). The molecule has 1 atom stereocenters. The maximum Gasteiger partial charge on any atom is 0.252 e. The monoisotopic (exact) mass is 276 g/mol. The lowest BCUT2D eigenvalue weighted by Gasteiger charge is -2.11. The van der Waals surface area contributed by atoms with E-state index in [0.29, 0.717) is 17.1 Å². The molecule has 1 amide bonds. The Morgan fingerprint density at radius 2 is 2.24 bits per heavy atom. The maximum atomic E-state index is 11.4. The van der Waals surface area contributed by atoms with Gasteiger partial charge in [-0.25, -0.2) is 0 Å². The molecule has 1 rings (SSSR count). The molecule has 0 fully saturated rings. The van der Waals surface area contributed by atoms with E-state index in [4.69, 9.17) is 23.2 Å². The van der Waals surface area contributed by atoms with Gasteiger partial charge in [-0.05, 0) is 18.2 Å². The van der Waals surface area contributed by atoms with Crippen LogP contribution >= 0.6 is 23.2 Å². The van der Waals surface area contributed by atoms with Gasteiger partial charge in [0.25, 0.3) is 5.91 Å². The Balaban J connectivity index is 2.72. The second-order valence-corrected chi connectivity index (χ2v) is 4.18. The highest BCUT2D eigenvalue weighted by atomic mass is 35.5. The highest BCUT2D eigenvalue weighted by molar-refractivity contribution is 6.34. The molecule has 4 nitrogen and oxygen atoms in total. The molecule has 17 heavy (non-hydrogen) atoms. The van der Waals surface area contributed by atoms with E-state index in [-0.39, 0.29) is 11.8 Å². The van der Waals surface area contributed by atoms with E-state index in [1.165, 1.54) is 0 Å².